The Kier molecular flexibility index (Phi) is 3.32. The number of fused-ring (bicyclic) bond motifs is 1. The molecule has 2 atom stereocenters. The van der Waals surface area contributed by atoms with Crippen molar-refractivity contribution in [3.8, 4) is 0 Å². The maximum Gasteiger partial charge on any atom is 0.228 e. The minimum absolute atomic E-state index is 0.00379. The quantitative estimate of drug-likeness (QED) is 0.917. The molecule has 6 nitrogen and oxygen atoms in total. The predicted molar refractivity (Wildman–Crippen MR) is 85.5 cm³/mol. The molecule has 23 heavy (non-hydrogen) atoms. The highest BCUT2D eigenvalue weighted by Crippen LogP contribution is 2.34. The highest BCUT2D eigenvalue weighted by molar-refractivity contribution is 5.89. The fourth-order valence-electron chi connectivity index (χ4n) is 3.71. The van der Waals surface area contributed by atoms with E-state index in [2.05, 4.69) is 9.97 Å². The van der Waals surface area contributed by atoms with Crippen LogP contribution in [-0.2, 0) is 9.59 Å². The number of hydrogen-bond acceptors (Lipinski definition) is 3. The van der Waals surface area contributed by atoms with E-state index in [1.807, 2.05) is 29.2 Å². The minimum Gasteiger partial charge on any atom is -0.345 e. The van der Waals surface area contributed by atoms with Gasteiger partial charge in [-0.3, -0.25) is 9.59 Å². The van der Waals surface area contributed by atoms with Gasteiger partial charge in [0, 0.05) is 26.6 Å². The van der Waals surface area contributed by atoms with E-state index in [0.29, 0.717) is 13.0 Å². The Bertz CT molecular complexity index is 736. The molecule has 0 spiro atoms. The molecule has 2 aliphatic rings. The molecular formula is C17H20N4O2. The van der Waals surface area contributed by atoms with E-state index in [4.69, 9.17) is 0 Å². The normalized spacial score (nSPS) is 24.8. The summed E-state index contributed by atoms with van der Waals surface area (Å²) in [6.07, 6.45) is 2.23. The molecule has 1 aromatic heterocycles. The van der Waals surface area contributed by atoms with Gasteiger partial charge in [-0.15, -0.1) is 0 Å². The van der Waals surface area contributed by atoms with E-state index in [1.165, 1.54) is 0 Å². The zero-order valence-electron chi connectivity index (χ0n) is 13.2. The lowest BCUT2D eigenvalue weighted by atomic mass is 10.1. The Morgan fingerprint density at radius 3 is 2.91 bits per heavy atom. The number of rotatable bonds is 2. The van der Waals surface area contributed by atoms with Gasteiger partial charge in [-0.05, 0) is 25.0 Å². The van der Waals surface area contributed by atoms with Crippen LogP contribution in [0.5, 0.6) is 0 Å². The largest absolute Gasteiger partial charge is 0.345 e. The van der Waals surface area contributed by atoms with Crippen molar-refractivity contribution in [2.45, 2.75) is 25.3 Å². The van der Waals surface area contributed by atoms with Gasteiger partial charge in [-0.2, -0.15) is 0 Å². The number of likely N-dealkylation sites (tertiary alicyclic amines) is 2. The second-order valence-electron chi connectivity index (χ2n) is 6.50. The Labute approximate surface area is 134 Å². The molecule has 0 radical (unpaired) electrons. The monoisotopic (exact) mass is 312 g/mol. The zero-order valence-corrected chi connectivity index (χ0v) is 13.2. The average Bonchev–Trinajstić information content (AvgIpc) is 3.24. The minimum atomic E-state index is -0.211. The highest BCUT2D eigenvalue weighted by Gasteiger charge is 2.39. The smallest absolute Gasteiger partial charge is 0.228 e. The van der Waals surface area contributed by atoms with Gasteiger partial charge in [0.1, 0.15) is 5.82 Å². The molecule has 120 valence electrons. The molecule has 3 heterocycles. The van der Waals surface area contributed by atoms with E-state index >= 15 is 0 Å². The number of amides is 2. The molecule has 6 heteroatoms. The molecule has 4 rings (SSSR count). The van der Waals surface area contributed by atoms with Crippen molar-refractivity contribution in [3.05, 3.63) is 30.1 Å². The van der Waals surface area contributed by atoms with Crippen molar-refractivity contribution in [1.82, 2.24) is 19.8 Å². The third kappa shape index (κ3) is 2.38. The molecule has 0 unspecified atom stereocenters. The standard InChI is InChI=1S/C17H20N4O2/c1-20-10-11(9-15(20)22)17(23)21-8-4-7-14(21)16-18-12-5-2-3-6-13(12)19-16/h2-3,5-6,11,14H,4,7-10H2,1H3,(H,18,19)/t11-,14-/m0/s1. The second-order valence-corrected chi connectivity index (χ2v) is 6.50. The number of para-hydroxylation sites is 2. The SMILES string of the molecule is CN1C[C@@H](C(=O)N2CCC[C@H]2c2nc3ccccc3[nH]2)CC1=O. The van der Waals surface area contributed by atoms with Crippen molar-refractivity contribution in [3.63, 3.8) is 0 Å². The number of nitrogens with one attached hydrogen (secondary N) is 1. The maximum absolute atomic E-state index is 12.8. The topological polar surface area (TPSA) is 69.3 Å². The molecule has 1 aromatic carbocycles. The average molecular weight is 312 g/mol. The third-order valence-corrected chi connectivity index (χ3v) is 4.95. The van der Waals surface area contributed by atoms with Crippen molar-refractivity contribution < 1.29 is 9.59 Å². The lowest BCUT2D eigenvalue weighted by molar-refractivity contribution is -0.136. The number of aromatic nitrogens is 2. The van der Waals surface area contributed by atoms with Gasteiger partial charge in [0.25, 0.3) is 0 Å². The first-order valence-corrected chi connectivity index (χ1v) is 8.12. The van der Waals surface area contributed by atoms with Crippen molar-refractivity contribution in [1.29, 1.82) is 0 Å². The summed E-state index contributed by atoms with van der Waals surface area (Å²) >= 11 is 0. The van der Waals surface area contributed by atoms with Crippen LogP contribution in [0.1, 0.15) is 31.1 Å². The summed E-state index contributed by atoms with van der Waals surface area (Å²) in [4.78, 5) is 36.1. The van der Waals surface area contributed by atoms with Gasteiger partial charge < -0.3 is 14.8 Å². The first-order chi connectivity index (χ1) is 11.1. The number of imidazole rings is 1. The van der Waals surface area contributed by atoms with Crippen LogP contribution in [0.2, 0.25) is 0 Å². The van der Waals surface area contributed by atoms with Crippen LogP contribution in [0.25, 0.3) is 11.0 Å². The van der Waals surface area contributed by atoms with Crippen LogP contribution < -0.4 is 0 Å². The molecule has 0 aliphatic carbocycles. The highest BCUT2D eigenvalue weighted by atomic mass is 16.2. The second kappa shape index (κ2) is 5.37. The van der Waals surface area contributed by atoms with Crippen LogP contribution in [0.3, 0.4) is 0 Å². The van der Waals surface area contributed by atoms with Crippen molar-refractivity contribution >= 4 is 22.8 Å². The number of hydrogen-bond donors (Lipinski definition) is 1. The first kappa shape index (κ1) is 14.2. The fourth-order valence-corrected chi connectivity index (χ4v) is 3.71. The molecule has 2 aliphatic heterocycles. The summed E-state index contributed by atoms with van der Waals surface area (Å²) in [5, 5.41) is 0. The zero-order chi connectivity index (χ0) is 16.0. The first-order valence-electron chi connectivity index (χ1n) is 8.12. The van der Waals surface area contributed by atoms with E-state index in [0.717, 1.165) is 36.2 Å². The van der Waals surface area contributed by atoms with Crippen LogP contribution >= 0.6 is 0 Å². The molecule has 2 saturated heterocycles. The molecule has 2 fully saturated rings. The van der Waals surface area contributed by atoms with Crippen LogP contribution in [0, 0.1) is 5.92 Å². The van der Waals surface area contributed by atoms with Crippen LogP contribution in [0.4, 0.5) is 0 Å². The molecule has 1 N–H and O–H groups in total. The van der Waals surface area contributed by atoms with Gasteiger partial charge in [-0.1, -0.05) is 12.1 Å². The van der Waals surface area contributed by atoms with Gasteiger partial charge in [0.15, 0.2) is 0 Å². The predicted octanol–water partition coefficient (Wildman–Crippen LogP) is 1.70. The summed E-state index contributed by atoms with van der Waals surface area (Å²) in [6.45, 7) is 1.27. The van der Waals surface area contributed by atoms with Gasteiger partial charge >= 0.3 is 0 Å². The maximum atomic E-state index is 12.8. The van der Waals surface area contributed by atoms with Crippen LogP contribution in [-0.4, -0.2) is 51.7 Å². The van der Waals surface area contributed by atoms with Crippen molar-refractivity contribution in [2.24, 2.45) is 5.92 Å². The van der Waals surface area contributed by atoms with E-state index in [9.17, 15) is 9.59 Å². The van der Waals surface area contributed by atoms with Gasteiger partial charge in [0.05, 0.1) is 23.0 Å². The molecule has 2 aromatic rings. The number of aromatic amines is 1. The lowest BCUT2D eigenvalue weighted by Crippen LogP contribution is -2.37. The molecular weight excluding hydrogens is 292 g/mol. The Hall–Kier alpha value is -2.37. The Balaban J connectivity index is 1.59. The summed E-state index contributed by atoms with van der Waals surface area (Å²) in [6, 6.07) is 7.90. The Morgan fingerprint density at radius 1 is 1.35 bits per heavy atom. The van der Waals surface area contributed by atoms with E-state index in [-0.39, 0.29) is 23.8 Å². The summed E-state index contributed by atoms with van der Waals surface area (Å²) in [7, 11) is 1.76. The van der Waals surface area contributed by atoms with E-state index < -0.39 is 0 Å². The van der Waals surface area contributed by atoms with Crippen LogP contribution in [0.15, 0.2) is 24.3 Å². The number of nitrogens with zero attached hydrogens (tertiary/aromatic N) is 3. The van der Waals surface area contributed by atoms with Gasteiger partial charge in [-0.25, -0.2) is 4.98 Å². The third-order valence-electron chi connectivity index (χ3n) is 4.95. The Morgan fingerprint density at radius 2 is 2.17 bits per heavy atom. The summed E-state index contributed by atoms with van der Waals surface area (Å²) in [5.74, 6) is 0.792. The number of benzene rings is 1. The van der Waals surface area contributed by atoms with Crippen molar-refractivity contribution in [2.75, 3.05) is 20.1 Å². The molecule has 0 bridgehead atoms. The number of H-pyrrole nitrogens is 1. The molecule has 2 amide bonds. The number of carbonyl (C=O) groups excluding carboxylic acids is 2. The lowest BCUT2D eigenvalue weighted by Gasteiger charge is -2.25. The summed E-state index contributed by atoms with van der Waals surface area (Å²) in [5.41, 5.74) is 1.93. The fraction of sp³-hybridized carbons (Fsp3) is 0.471. The summed E-state index contributed by atoms with van der Waals surface area (Å²) < 4.78 is 0. The van der Waals surface area contributed by atoms with E-state index in [1.54, 1.807) is 11.9 Å². The molecule has 0 saturated carbocycles. The van der Waals surface area contributed by atoms with Gasteiger partial charge in [0.2, 0.25) is 11.8 Å². The number of carbonyl (C=O) groups is 2.